The number of hydrogen-bond donors (Lipinski definition) is 3. The third-order valence-corrected chi connectivity index (χ3v) is 5.56. The van der Waals surface area contributed by atoms with Crippen LogP contribution in [0.5, 0.6) is 0 Å². The van der Waals surface area contributed by atoms with Crippen LogP contribution in [0.25, 0.3) is 0 Å². The molecule has 0 spiro atoms. The van der Waals surface area contributed by atoms with Crippen LogP contribution in [0.2, 0.25) is 0 Å². The Kier molecular flexibility index (Phi) is 4.84. The maximum Gasteiger partial charge on any atom is 0.243 e. The minimum Gasteiger partial charge on any atom is -0.409 e. The maximum absolute atomic E-state index is 12.5. The Hall–Kier alpha value is -1.19. The molecule has 1 heterocycles. The molecule has 1 saturated carbocycles. The summed E-state index contributed by atoms with van der Waals surface area (Å²) >= 11 is 3.19. The van der Waals surface area contributed by atoms with E-state index in [1.165, 1.54) is 18.5 Å². The lowest BCUT2D eigenvalue weighted by atomic mass is 9.82. The Morgan fingerprint density at radius 2 is 2.05 bits per heavy atom. The lowest BCUT2D eigenvalue weighted by molar-refractivity contribution is 0.294. The Bertz CT molecular complexity index is 642. The number of halogens is 1. The molecule has 0 saturated heterocycles. The molecule has 0 bridgehead atoms. The maximum atomic E-state index is 12.5. The van der Waals surface area contributed by atoms with Crippen molar-refractivity contribution in [2.75, 3.05) is 0 Å². The minimum absolute atomic E-state index is 0.0348. The Labute approximate surface area is 131 Å². The summed E-state index contributed by atoms with van der Waals surface area (Å²) in [4.78, 5) is 3.89. The van der Waals surface area contributed by atoms with Crippen LogP contribution in [0, 0.1) is 0 Å². The molecule has 0 amide bonds. The summed E-state index contributed by atoms with van der Waals surface area (Å²) in [5.74, 6) is -0.103. The number of rotatable bonds is 4. The topological polar surface area (TPSA) is 118 Å². The van der Waals surface area contributed by atoms with E-state index in [0.717, 1.165) is 19.3 Å². The van der Waals surface area contributed by atoms with E-state index in [-0.39, 0.29) is 10.7 Å². The first-order chi connectivity index (χ1) is 9.89. The number of amidine groups is 1. The molecule has 0 radical (unpaired) electrons. The highest BCUT2D eigenvalue weighted by Gasteiger charge is 2.40. The lowest BCUT2D eigenvalue weighted by Crippen LogP contribution is -2.58. The first kappa shape index (κ1) is 16.2. The fraction of sp³-hybridized carbons (Fsp3) is 0.500. The summed E-state index contributed by atoms with van der Waals surface area (Å²) in [7, 11) is -3.81. The second-order valence-electron chi connectivity index (χ2n) is 5.07. The van der Waals surface area contributed by atoms with E-state index in [2.05, 4.69) is 30.8 Å². The van der Waals surface area contributed by atoms with Gasteiger partial charge in [-0.2, -0.15) is 4.72 Å². The van der Waals surface area contributed by atoms with E-state index >= 15 is 0 Å². The zero-order chi connectivity index (χ0) is 15.5. The number of aromatic nitrogens is 1. The van der Waals surface area contributed by atoms with Crippen LogP contribution in [0.15, 0.2) is 33.0 Å². The van der Waals surface area contributed by atoms with Gasteiger partial charge in [-0.05, 0) is 34.8 Å². The Balaban J connectivity index is 2.36. The first-order valence-electron chi connectivity index (χ1n) is 6.52. The van der Waals surface area contributed by atoms with Crippen LogP contribution >= 0.6 is 15.9 Å². The van der Waals surface area contributed by atoms with E-state index in [1.54, 1.807) is 0 Å². The molecule has 0 aliphatic heterocycles. The first-order valence-corrected chi connectivity index (χ1v) is 8.80. The van der Waals surface area contributed by atoms with Gasteiger partial charge in [-0.15, -0.1) is 0 Å². The number of nitrogens with two attached hydrogens (primary N) is 1. The number of nitrogens with zero attached hydrogens (tertiary/aromatic N) is 2. The third kappa shape index (κ3) is 3.53. The molecule has 21 heavy (non-hydrogen) atoms. The molecule has 9 heteroatoms. The van der Waals surface area contributed by atoms with E-state index in [1.807, 2.05) is 0 Å². The van der Waals surface area contributed by atoms with Gasteiger partial charge in [0.2, 0.25) is 10.0 Å². The smallest absolute Gasteiger partial charge is 0.243 e. The van der Waals surface area contributed by atoms with Crippen molar-refractivity contribution in [3.05, 3.63) is 22.9 Å². The van der Waals surface area contributed by atoms with Crippen molar-refractivity contribution >= 4 is 31.8 Å². The lowest BCUT2D eigenvalue weighted by Gasteiger charge is -2.36. The largest absolute Gasteiger partial charge is 0.409 e. The fourth-order valence-electron chi connectivity index (χ4n) is 2.52. The van der Waals surface area contributed by atoms with Gasteiger partial charge in [0.05, 0.1) is 5.54 Å². The standard InChI is InChI=1S/C12H17BrN4O3S/c13-9-6-10(8-15-7-9)21(19,20)17-12(11(14)16-18)4-2-1-3-5-12/h6-8,17-18H,1-5H2,(H2,14,16). The summed E-state index contributed by atoms with van der Waals surface area (Å²) in [5.41, 5.74) is 4.71. The van der Waals surface area contributed by atoms with Crippen LogP contribution in [0.4, 0.5) is 0 Å². The zero-order valence-corrected chi connectivity index (χ0v) is 13.7. The highest BCUT2D eigenvalue weighted by molar-refractivity contribution is 9.10. The van der Waals surface area contributed by atoms with Gasteiger partial charge in [0.25, 0.3) is 0 Å². The van der Waals surface area contributed by atoms with Crippen molar-refractivity contribution in [3.8, 4) is 0 Å². The van der Waals surface area contributed by atoms with Gasteiger partial charge < -0.3 is 10.9 Å². The molecule has 2 rings (SSSR count). The van der Waals surface area contributed by atoms with Gasteiger partial charge in [0, 0.05) is 16.9 Å². The van der Waals surface area contributed by atoms with Crippen molar-refractivity contribution in [2.45, 2.75) is 42.5 Å². The van der Waals surface area contributed by atoms with E-state index in [4.69, 9.17) is 10.9 Å². The normalized spacial score (nSPS) is 19.4. The average Bonchev–Trinajstić information content (AvgIpc) is 2.47. The van der Waals surface area contributed by atoms with Crippen molar-refractivity contribution in [1.29, 1.82) is 0 Å². The van der Waals surface area contributed by atoms with Gasteiger partial charge >= 0.3 is 0 Å². The Morgan fingerprint density at radius 3 is 2.62 bits per heavy atom. The van der Waals surface area contributed by atoms with E-state index in [0.29, 0.717) is 17.3 Å². The SMILES string of the molecule is NC(=NO)C1(NS(=O)(=O)c2cncc(Br)c2)CCCCC1. The molecule has 0 unspecified atom stereocenters. The van der Waals surface area contributed by atoms with Crippen LogP contribution in [-0.4, -0.2) is 30.0 Å². The van der Waals surface area contributed by atoms with E-state index < -0.39 is 15.6 Å². The van der Waals surface area contributed by atoms with Gasteiger partial charge in [-0.3, -0.25) is 4.98 Å². The molecular weight excluding hydrogens is 360 g/mol. The second-order valence-corrected chi connectivity index (χ2v) is 7.67. The van der Waals surface area contributed by atoms with E-state index in [9.17, 15) is 8.42 Å². The molecule has 1 fully saturated rings. The molecule has 1 aromatic heterocycles. The second kappa shape index (κ2) is 6.29. The monoisotopic (exact) mass is 376 g/mol. The summed E-state index contributed by atoms with van der Waals surface area (Å²) in [5, 5.41) is 12.0. The van der Waals surface area contributed by atoms with Crippen LogP contribution in [0.1, 0.15) is 32.1 Å². The van der Waals surface area contributed by atoms with Crippen LogP contribution in [-0.2, 0) is 10.0 Å². The molecule has 0 atom stereocenters. The van der Waals surface area contributed by atoms with Gasteiger partial charge in [0.15, 0.2) is 5.84 Å². The number of nitrogens with one attached hydrogen (secondary N) is 1. The minimum atomic E-state index is -3.81. The number of sulfonamides is 1. The van der Waals surface area contributed by atoms with Crippen molar-refractivity contribution in [2.24, 2.45) is 10.9 Å². The number of oxime groups is 1. The summed E-state index contributed by atoms with van der Waals surface area (Å²) in [6, 6.07) is 1.46. The Morgan fingerprint density at radius 1 is 1.38 bits per heavy atom. The van der Waals surface area contributed by atoms with Gasteiger partial charge in [0.1, 0.15) is 4.90 Å². The molecule has 0 aromatic carbocycles. The van der Waals surface area contributed by atoms with Crippen LogP contribution < -0.4 is 10.5 Å². The quantitative estimate of drug-likeness (QED) is 0.319. The molecule has 7 nitrogen and oxygen atoms in total. The molecular formula is C12H17BrN4O3S. The molecule has 4 N–H and O–H groups in total. The summed E-state index contributed by atoms with van der Waals surface area (Å²) in [6.07, 6.45) is 6.40. The highest BCUT2D eigenvalue weighted by atomic mass is 79.9. The molecule has 1 aliphatic rings. The molecule has 1 aromatic rings. The average molecular weight is 377 g/mol. The van der Waals surface area contributed by atoms with Crippen molar-refractivity contribution < 1.29 is 13.6 Å². The molecule has 116 valence electrons. The molecule has 1 aliphatic carbocycles. The summed E-state index contributed by atoms with van der Waals surface area (Å²) < 4.78 is 28.2. The summed E-state index contributed by atoms with van der Waals surface area (Å²) in [6.45, 7) is 0. The predicted octanol–water partition coefficient (Wildman–Crippen LogP) is 1.57. The van der Waals surface area contributed by atoms with Crippen molar-refractivity contribution in [3.63, 3.8) is 0 Å². The predicted molar refractivity (Wildman–Crippen MR) is 81.5 cm³/mol. The highest BCUT2D eigenvalue weighted by Crippen LogP contribution is 2.30. The van der Waals surface area contributed by atoms with Crippen LogP contribution in [0.3, 0.4) is 0 Å². The van der Waals surface area contributed by atoms with Gasteiger partial charge in [-0.1, -0.05) is 24.4 Å². The van der Waals surface area contributed by atoms with Crippen molar-refractivity contribution in [1.82, 2.24) is 9.71 Å². The third-order valence-electron chi connectivity index (χ3n) is 3.62. The van der Waals surface area contributed by atoms with Gasteiger partial charge in [-0.25, -0.2) is 8.42 Å². The number of pyridine rings is 1. The number of hydrogen-bond acceptors (Lipinski definition) is 5. The fourth-order valence-corrected chi connectivity index (χ4v) is 4.46. The zero-order valence-electron chi connectivity index (χ0n) is 11.3.